The molecule has 14 heteroatoms. The number of aliphatic hydroxyl groups excluding tert-OH is 2. The van der Waals surface area contributed by atoms with Gasteiger partial charge in [-0.15, -0.1) is 0 Å². The van der Waals surface area contributed by atoms with Crippen molar-refractivity contribution in [1.82, 2.24) is 28.7 Å². The Hall–Kier alpha value is -4.24. The summed E-state index contributed by atoms with van der Waals surface area (Å²) in [6.07, 6.45) is 18.3. The Balaban J connectivity index is 0.000000176. The third-order valence-electron chi connectivity index (χ3n) is 9.04. The molecule has 0 radical (unpaired) electrons. The van der Waals surface area contributed by atoms with E-state index in [0.29, 0.717) is 19.0 Å². The fourth-order valence-corrected chi connectivity index (χ4v) is 6.91. The van der Waals surface area contributed by atoms with E-state index >= 15 is 0 Å². The van der Waals surface area contributed by atoms with Crippen LogP contribution in [-0.2, 0) is 13.1 Å². The third kappa shape index (κ3) is 8.98. The topological polar surface area (TPSA) is 140 Å². The zero-order valence-corrected chi connectivity index (χ0v) is 31.9. The molecule has 1 aliphatic heterocycles. The molecule has 0 saturated carbocycles. The number of rotatable bonds is 12. The lowest BCUT2D eigenvalue weighted by molar-refractivity contribution is 0.240. The van der Waals surface area contributed by atoms with Gasteiger partial charge in [0.1, 0.15) is 9.21 Å². The molecule has 2 atom stereocenters. The van der Waals surface area contributed by atoms with Crippen molar-refractivity contribution in [3.05, 3.63) is 106 Å². The van der Waals surface area contributed by atoms with Gasteiger partial charge in [-0.1, -0.05) is 26.0 Å². The first-order valence-electron chi connectivity index (χ1n) is 17.2. The Kier molecular flexibility index (Phi) is 12.4. The Morgan fingerprint density at radius 1 is 0.824 bits per heavy atom. The molecule has 0 aromatic carbocycles. The lowest BCUT2D eigenvalue weighted by Crippen LogP contribution is -2.42. The lowest BCUT2D eigenvalue weighted by atomic mass is 10.0. The van der Waals surface area contributed by atoms with E-state index in [1.807, 2.05) is 57.9 Å². The highest BCUT2D eigenvalue weighted by Gasteiger charge is 2.23. The molecule has 51 heavy (non-hydrogen) atoms. The molecule has 7 rings (SSSR count). The molecule has 1 aliphatic rings. The first kappa shape index (κ1) is 36.5. The average molecular weight is 821 g/mol. The van der Waals surface area contributed by atoms with Gasteiger partial charge >= 0.3 is 0 Å². The van der Waals surface area contributed by atoms with Crippen molar-refractivity contribution in [3.63, 3.8) is 0 Å². The fourth-order valence-electron chi connectivity index (χ4n) is 6.17. The smallest absolute Gasteiger partial charge is 0.161 e. The van der Waals surface area contributed by atoms with E-state index in [1.54, 1.807) is 18.6 Å². The highest BCUT2D eigenvalue weighted by Crippen LogP contribution is 2.31. The SMILES string of the molecule is CC(C)C(CO)Nc1cc(NCc2cccnc2)c2ncc(Br)n2c1.OCC1CCCCN1c1cc(NCc2cccnc2)c2ncc(Br)n2c1. The number of anilines is 4. The zero-order chi connectivity index (χ0) is 35.7. The summed E-state index contributed by atoms with van der Waals surface area (Å²) in [5.41, 5.74) is 7.84. The molecule has 1 fully saturated rings. The van der Waals surface area contributed by atoms with Crippen LogP contribution >= 0.6 is 31.9 Å². The number of hydrogen-bond donors (Lipinski definition) is 5. The Labute approximate surface area is 314 Å². The number of pyridine rings is 4. The number of nitrogens with one attached hydrogen (secondary N) is 3. The molecule has 1 saturated heterocycles. The number of halogens is 2. The highest BCUT2D eigenvalue weighted by atomic mass is 79.9. The van der Waals surface area contributed by atoms with Gasteiger partial charge in [0.05, 0.1) is 60.4 Å². The summed E-state index contributed by atoms with van der Waals surface area (Å²) in [4.78, 5) is 19.6. The first-order chi connectivity index (χ1) is 24.8. The normalized spacial score (nSPS) is 15.1. The maximum absolute atomic E-state index is 9.78. The molecule has 0 aliphatic carbocycles. The maximum Gasteiger partial charge on any atom is 0.161 e. The van der Waals surface area contributed by atoms with Crippen LogP contribution in [0.5, 0.6) is 0 Å². The number of piperidine rings is 1. The first-order valence-corrected chi connectivity index (χ1v) is 18.8. The van der Waals surface area contributed by atoms with Crippen LogP contribution in [0.15, 0.2) is 95.2 Å². The van der Waals surface area contributed by atoms with Crippen LogP contribution in [0.4, 0.5) is 22.7 Å². The predicted octanol–water partition coefficient (Wildman–Crippen LogP) is 6.99. The number of aromatic nitrogens is 6. The standard InChI is InChI=1S/C19H22BrN5O.C18H22BrN5O/c20-18-11-23-19-17(22-10-14-4-3-6-21-9-14)8-16(12-25(18)19)24-7-2-1-5-15(24)13-26;1-12(2)16(11-25)23-14-6-15(18-22-9-17(19)24(18)10-14)21-8-13-4-3-5-20-7-13/h3-4,6,8-9,11-12,15,22,26H,1-2,5,7,10,13H2;3-7,9-10,12,16,21,23,25H,8,11H2,1-2H3. The second-order valence-corrected chi connectivity index (χ2v) is 14.6. The summed E-state index contributed by atoms with van der Waals surface area (Å²) >= 11 is 7.11. The van der Waals surface area contributed by atoms with Crippen LogP contribution in [-0.4, -0.2) is 70.8 Å². The van der Waals surface area contributed by atoms with E-state index < -0.39 is 0 Å². The summed E-state index contributed by atoms with van der Waals surface area (Å²) in [5, 5.41) is 29.7. The van der Waals surface area contributed by atoms with Gasteiger partial charge in [-0.3, -0.25) is 18.8 Å². The van der Waals surface area contributed by atoms with Crippen LogP contribution < -0.4 is 20.9 Å². The van der Waals surface area contributed by atoms with Gasteiger partial charge in [0.15, 0.2) is 11.3 Å². The summed E-state index contributed by atoms with van der Waals surface area (Å²) in [6, 6.07) is 12.3. The second kappa shape index (κ2) is 17.3. The maximum atomic E-state index is 9.78. The summed E-state index contributed by atoms with van der Waals surface area (Å²) in [7, 11) is 0. The van der Waals surface area contributed by atoms with Crippen molar-refractivity contribution in [2.75, 3.05) is 40.6 Å². The molecule has 7 heterocycles. The van der Waals surface area contributed by atoms with Crippen molar-refractivity contribution >= 4 is 65.9 Å². The monoisotopic (exact) mass is 818 g/mol. The van der Waals surface area contributed by atoms with Gasteiger partial charge in [-0.2, -0.15) is 0 Å². The molecule has 6 aromatic heterocycles. The summed E-state index contributed by atoms with van der Waals surface area (Å²) in [5.74, 6) is 0.318. The third-order valence-corrected chi connectivity index (χ3v) is 10.2. The van der Waals surface area contributed by atoms with Crippen molar-refractivity contribution < 1.29 is 10.2 Å². The predicted molar refractivity (Wildman–Crippen MR) is 210 cm³/mol. The quantitative estimate of drug-likeness (QED) is 0.0879. The number of nitrogens with zero attached hydrogens (tertiary/aromatic N) is 7. The number of hydrogen-bond acceptors (Lipinski definition) is 10. The van der Waals surface area contributed by atoms with Gasteiger partial charge in [-0.05, 0) is 92.4 Å². The number of aliphatic hydroxyl groups is 2. The van der Waals surface area contributed by atoms with Crippen LogP contribution in [0.2, 0.25) is 0 Å². The zero-order valence-electron chi connectivity index (χ0n) is 28.8. The summed E-state index contributed by atoms with van der Waals surface area (Å²) < 4.78 is 5.81. The lowest BCUT2D eigenvalue weighted by Gasteiger charge is -2.36. The number of fused-ring (bicyclic) bond motifs is 2. The molecule has 5 N–H and O–H groups in total. The molecular weight excluding hydrogens is 776 g/mol. The van der Waals surface area contributed by atoms with Gasteiger partial charge < -0.3 is 31.1 Å². The van der Waals surface area contributed by atoms with E-state index in [2.05, 4.69) is 105 Å². The minimum absolute atomic E-state index is 0.00841. The van der Waals surface area contributed by atoms with Gasteiger partial charge in [0.2, 0.25) is 0 Å². The average Bonchev–Trinajstić information content (AvgIpc) is 3.74. The molecular formula is C37H44Br2N10O2. The second-order valence-electron chi connectivity index (χ2n) is 12.9. The van der Waals surface area contributed by atoms with Crippen molar-refractivity contribution in [1.29, 1.82) is 0 Å². The van der Waals surface area contributed by atoms with Crippen LogP contribution in [0.25, 0.3) is 11.3 Å². The van der Waals surface area contributed by atoms with Crippen molar-refractivity contribution in [2.24, 2.45) is 5.92 Å². The van der Waals surface area contributed by atoms with Crippen molar-refractivity contribution in [2.45, 2.75) is 58.3 Å². The van der Waals surface area contributed by atoms with Gasteiger partial charge in [-0.25, -0.2) is 9.97 Å². The van der Waals surface area contributed by atoms with Crippen LogP contribution in [0.1, 0.15) is 44.2 Å². The van der Waals surface area contributed by atoms with E-state index in [1.165, 1.54) is 6.42 Å². The van der Waals surface area contributed by atoms with Gasteiger partial charge in [0.25, 0.3) is 0 Å². The molecule has 2 unspecified atom stereocenters. The van der Waals surface area contributed by atoms with E-state index in [9.17, 15) is 10.2 Å². The molecule has 12 nitrogen and oxygen atoms in total. The summed E-state index contributed by atoms with van der Waals surface area (Å²) in [6.45, 7) is 6.74. The minimum Gasteiger partial charge on any atom is -0.394 e. The minimum atomic E-state index is -0.00841. The number of imidazole rings is 2. The van der Waals surface area contributed by atoms with Crippen molar-refractivity contribution in [3.8, 4) is 0 Å². The van der Waals surface area contributed by atoms with E-state index in [0.717, 1.165) is 73.8 Å². The molecule has 268 valence electrons. The molecule has 6 aromatic rings. The van der Waals surface area contributed by atoms with Crippen LogP contribution in [0, 0.1) is 5.92 Å². The van der Waals surface area contributed by atoms with E-state index in [-0.39, 0.29) is 25.3 Å². The fraction of sp³-hybridized carbons (Fsp3) is 0.351. The van der Waals surface area contributed by atoms with E-state index in [4.69, 9.17) is 0 Å². The Morgan fingerprint density at radius 2 is 1.43 bits per heavy atom. The Bertz CT molecular complexity index is 2010. The Morgan fingerprint density at radius 3 is 1.98 bits per heavy atom. The molecule has 0 amide bonds. The largest absolute Gasteiger partial charge is 0.394 e. The molecule has 0 spiro atoms. The highest BCUT2D eigenvalue weighted by molar-refractivity contribution is 9.10. The van der Waals surface area contributed by atoms with Gasteiger partial charge in [0, 0.05) is 56.8 Å². The molecule has 0 bridgehead atoms. The van der Waals surface area contributed by atoms with Crippen LogP contribution in [0.3, 0.4) is 0 Å².